The first-order valence-electron chi connectivity index (χ1n) is 4.27. The SMILES string of the molecule is O=C(Nc1c(F)cc(F)cc1Cl)c1nn[nH]n1. The average Bonchev–Trinajstić information content (AvgIpc) is 2.76. The number of hydrogen-bond donors (Lipinski definition) is 2. The van der Waals surface area contributed by atoms with E-state index in [0.717, 1.165) is 6.07 Å². The molecule has 0 fully saturated rings. The van der Waals surface area contributed by atoms with Gasteiger partial charge in [0.25, 0.3) is 11.7 Å². The fraction of sp³-hybridized carbons (Fsp3) is 0. The molecule has 17 heavy (non-hydrogen) atoms. The van der Waals surface area contributed by atoms with Gasteiger partial charge in [0.05, 0.1) is 10.7 Å². The largest absolute Gasteiger partial charge is 0.315 e. The van der Waals surface area contributed by atoms with Crippen LogP contribution in [0, 0.1) is 11.6 Å². The van der Waals surface area contributed by atoms with E-state index in [-0.39, 0.29) is 16.5 Å². The first-order valence-corrected chi connectivity index (χ1v) is 4.65. The molecule has 0 saturated carbocycles. The zero-order valence-electron chi connectivity index (χ0n) is 8.04. The van der Waals surface area contributed by atoms with Crippen LogP contribution in [0.3, 0.4) is 0 Å². The number of amides is 1. The molecular formula is C8H4ClF2N5O. The minimum atomic E-state index is -0.994. The second-order valence-corrected chi connectivity index (χ2v) is 3.34. The third-order valence-electron chi connectivity index (χ3n) is 1.79. The van der Waals surface area contributed by atoms with Crippen molar-refractivity contribution in [3.63, 3.8) is 0 Å². The van der Waals surface area contributed by atoms with Gasteiger partial charge < -0.3 is 5.32 Å². The van der Waals surface area contributed by atoms with Gasteiger partial charge in [-0.15, -0.1) is 10.2 Å². The molecule has 0 bridgehead atoms. The monoisotopic (exact) mass is 259 g/mol. The summed E-state index contributed by atoms with van der Waals surface area (Å²) in [6.45, 7) is 0. The van der Waals surface area contributed by atoms with E-state index in [1.165, 1.54) is 0 Å². The zero-order chi connectivity index (χ0) is 12.4. The van der Waals surface area contributed by atoms with E-state index < -0.39 is 17.5 Å². The van der Waals surface area contributed by atoms with Crippen molar-refractivity contribution in [3.05, 3.63) is 34.6 Å². The Morgan fingerprint density at radius 1 is 1.41 bits per heavy atom. The van der Waals surface area contributed by atoms with Gasteiger partial charge in [-0.3, -0.25) is 4.79 Å². The highest BCUT2D eigenvalue weighted by molar-refractivity contribution is 6.33. The quantitative estimate of drug-likeness (QED) is 0.853. The molecule has 0 spiro atoms. The Hall–Kier alpha value is -2.09. The molecule has 0 atom stereocenters. The lowest BCUT2D eigenvalue weighted by Gasteiger charge is -2.06. The van der Waals surface area contributed by atoms with Gasteiger partial charge in [-0.1, -0.05) is 11.6 Å². The highest BCUT2D eigenvalue weighted by atomic mass is 35.5. The zero-order valence-corrected chi connectivity index (χ0v) is 8.79. The number of tetrazole rings is 1. The molecule has 0 aliphatic heterocycles. The molecule has 0 radical (unpaired) electrons. The van der Waals surface area contributed by atoms with E-state index in [0.29, 0.717) is 6.07 Å². The average molecular weight is 260 g/mol. The van der Waals surface area contributed by atoms with E-state index in [1.54, 1.807) is 0 Å². The predicted octanol–water partition coefficient (Wildman–Crippen LogP) is 1.38. The van der Waals surface area contributed by atoms with Crippen LogP contribution >= 0.6 is 11.6 Å². The molecule has 0 saturated heterocycles. The van der Waals surface area contributed by atoms with Gasteiger partial charge in [0.15, 0.2) is 5.82 Å². The molecule has 1 aromatic heterocycles. The van der Waals surface area contributed by atoms with E-state index in [1.807, 2.05) is 0 Å². The summed E-state index contributed by atoms with van der Waals surface area (Å²) in [6, 6.07) is 1.47. The summed E-state index contributed by atoms with van der Waals surface area (Å²) in [5.41, 5.74) is -0.345. The van der Waals surface area contributed by atoms with E-state index in [2.05, 4.69) is 25.9 Å². The number of aromatic amines is 1. The first kappa shape index (κ1) is 11.4. The topological polar surface area (TPSA) is 83.6 Å². The molecule has 1 amide bonds. The van der Waals surface area contributed by atoms with Crippen LogP contribution in [0.2, 0.25) is 5.02 Å². The number of hydrogen-bond acceptors (Lipinski definition) is 4. The number of carbonyl (C=O) groups is 1. The van der Waals surface area contributed by atoms with Crippen molar-refractivity contribution in [1.29, 1.82) is 0 Å². The fourth-order valence-corrected chi connectivity index (χ4v) is 1.33. The van der Waals surface area contributed by atoms with Crippen LogP contribution in [0.4, 0.5) is 14.5 Å². The smallest absolute Gasteiger partial charge is 0.297 e. The summed E-state index contributed by atoms with van der Waals surface area (Å²) >= 11 is 5.58. The number of halogens is 3. The number of benzene rings is 1. The normalized spacial score (nSPS) is 10.3. The van der Waals surface area contributed by atoms with Crippen LogP contribution in [0.25, 0.3) is 0 Å². The van der Waals surface area contributed by atoms with Crippen LogP contribution in [0.1, 0.15) is 10.6 Å². The van der Waals surface area contributed by atoms with Crippen LogP contribution in [-0.2, 0) is 0 Å². The molecule has 2 aromatic rings. The van der Waals surface area contributed by atoms with Gasteiger partial charge in [-0.25, -0.2) is 8.78 Å². The summed E-state index contributed by atoms with van der Waals surface area (Å²) in [6.07, 6.45) is 0. The van der Waals surface area contributed by atoms with Gasteiger partial charge in [0.1, 0.15) is 5.82 Å². The molecule has 0 unspecified atom stereocenters. The minimum absolute atomic E-state index is 0.264. The van der Waals surface area contributed by atoms with Crippen molar-refractivity contribution in [1.82, 2.24) is 20.6 Å². The number of nitrogens with zero attached hydrogens (tertiary/aromatic N) is 3. The summed E-state index contributed by atoms with van der Waals surface area (Å²) in [5, 5.41) is 13.8. The lowest BCUT2D eigenvalue weighted by atomic mass is 10.3. The molecule has 6 nitrogen and oxygen atoms in total. The van der Waals surface area contributed by atoms with Crippen molar-refractivity contribution in [3.8, 4) is 0 Å². The summed E-state index contributed by atoms with van der Waals surface area (Å²) in [5.74, 6) is -2.94. The Balaban J connectivity index is 2.28. The van der Waals surface area contributed by atoms with Crippen LogP contribution in [0.5, 0.6) is 0 Å². The molecule has 2 rings (SSSR count). The summed E-state index contributed by atoms with van der Waals surface area (Å²) < 4.78 is 26.1. The van der Waals surface area contributed by atoms with E-state index in [9.17, 15) is 13.6 Å². The number of aromatic nitrogens is 4. The van der Waals surface area contributed by atoms with Gasteiger partial charge in [0, 0.05) is 6.07 Å². The van der Waals surface area contributed by atoms with E-state index in [4.69, 9.17) is 11.6 Å². The molecule has 9 heteroatoms. The fourth-order valence-electron chi connectivity index (χ4n) is 1.09. The standard InChI is InChI=1S/C8H4ClF2N5O/c9-4-1-3(10)2-5(11)6(4)12-8(17)7-13-15-16-14-7/h1-2H,(H,12,17)(H,13,14,15,16). The second kappa shape index (κ2) is 4.42. The van der Waals surface area contributed by atoms with E-state index >= 15 is 0 Å². The third kappa shape index (κ3) is 2.36. The predicted molar refractivity (Wildman–Crippen MR) is 53.5 cm³/mol. The number of carbonyl (C=O) groups excluding carboxylic acids is 1. The Bertz CT molecular complexity index is 536. The second-order valence-electron chi connectivity index (χ2n) is 2.93. The van der Waals surface area contributed by atoms with Gasteiger partial charge in [0.2, 0.25) is 0 Å². The van der Waals surface area contributed by atoms with Crippen LogP contribution in [-0.4, -0.2) is 26.5 Å². The van der Waals surface area contributed by atoms with Crippen LogP contribution < -0.4 is 5.32 Å². The number of nitrogens with one attached hydrogen (secondary N) is 2. The van der Waals surface area contributed by atoms with Gasteiger partial charge in [-0.05, 0) is 11.3 Å². The van der Waals surface area contributed by atoms with Crippen molar-refractivity contribution in [2.24, 2.45) is 0 Å². The van der Waals surface area contributed by atoms with Gasteiger partial charge in [-0.2, -0.15) is 5.21 Å². The molecule has 2 N–H and O–H groups in total. The summed E-state index contributed by atoms with van der Waals surface area (Å²) in [4.78, 5) is 11.4. The Labute approximate surface area is 98.0 Å². The van der Waals surface area contributed by atoms with Crippen molar-refractivity contribution < 1.29 is 13.6 Å². The highest BCUT2D eigenvalue weighted by Gasteiger charge is 2.16. The number of anilines is 1. The first-order chi connectivity index (χ1) is 8.08. The maximum atomic E-state index is 13.3. The molecule has 88 valence electrons. The summed E-state index contributed by atoms with van der Waals surface area (Å²) in [7, 11) is 0. The highest BCUT2D eigenvalue weighted by Crippen LogP contribution is 2.26. The lowest BCUT2D eigenvalue weighted by molar-refractivity contribution is 0.101. The maximum Gasteiger partial charge on any atom is 0.297 e. The van der Waals surface area contributed by atoms with Crippen LogP contribution in [0.15, 0.2) is 12.1 Å². The van der Waals surface area contributed by atoms with Crippen molar-refractivity contribution in [2.75, 3.05) is 5.32 Å². The van der Waals surface area contributed by atoms with Crippen molar-refractivity contribution in [2.45, 2.75) is 0 Å². The Morgan fingerprint density at radius 3 is 2.76 bits per heavy atom. The maximum absolute atomic E-state index is 13.3. The Morgan fingerprint density at radius 2 is 2.18 bits per heavy atom. The van der Waals surface area contributed by atoms with Crippen molar-refractivity contribution >= 4 is 23.2 Å². The molecule has 1 aromatic carbocycles. The number of rotatable bonds is 2. The lowest BCUT2D eigenvalue weighted by Crippen LogP contribution is -2.15. The molecule has 0 aliphatic carbocycles. The molecular weight excluding hydrogens is 256 g/mol. The molecule has 0 aliphatic rings. The Kier molecular flexibility index (Phi) is 2.96. The third-order valence-corrected chi connectivity index (χ3v) is 2.09. The number of H-pyrrole nitrogens is 1. The minimum Gasteiger partial charge on any atom is -0.315 e. The molecule has 1 heterocycles. The van der Waals surface area contributed by atoms with Gasteiger partial charge >= 0.3 is 0 Å².